The number of aromatic nitrogens is 2. The van der Waals surface area contributed by atoms with Crippen LogP contribution in [0.1, 0.15) is 12.0 Å². The Labute approximate surface area is 199 Å². The van der Waals surface area contributed by atoms with E-state index in [2.05, 4.69) is 4.90 Å². The van der Waals surface area contributed by atoms with Crippen LogP contribution in [0.25, 0.3) is 11.3 Å². The molecule has 2 aliphatic heterocycles. The summed E-state index contributed by atoms with van der Waals surface area (Å²) in [5.41, 5.74) is 4.12. The first-order valence-corrected chi connectivity index (χ1v) is 11.6. The van der Waals surface area contributed by atoms with Gasteiger partial charge in [0.2, 0.25) is 11.8 Å². The highest BCUT2D eigenvalue weighted by Gasteiger charge is 2.30. The fourth-order valence-corrected chi connectivity index (χ4v) is 4.53. The Morgan fingerprint density at radius 1 is 0.971 bits per heavy atom. The third kappa shape index (κ3) is 4.35. The Bertz CT molecular complexity index is 1180. The highest BCUT2D eigenvalue weighted by molar-refractivity contribution is 5.99. The van der Waals surface area contributed by atoms with Gasteiger partial charge in [-0.1, -0.05) is 29.8 Å². The lowest BCUT2D eigenvalue weighted by molar-refractivity contribution is -0.132. The summed E-state index contributed by atoms with van der Waals surface area (Å²) in [5, 5.41) is 4.69. The molecule has 2 aromatic carbocycles. The van der Waals surface area contributed by atoms with Gasteiger partial charge in [-0.05, 0) is 31.2 Å². The van der Waals surface area contributed by atoms with Crippen LogP contribution in [0.2, 0.25) is 0 Å². The van der Waals surface area contributed by atoms with E-state index in [0.29, 0.717) is 31.9 Å². The smallest absolute Gasteiger partial charge is 0.242 e. The zero-order valence-electron chi connectivity index (χ0n) is 19.6. The minimum absolute atomic E-state index is 0.0331. The SMILES string of the molecule is COc1ccc(N2CCN(C(=O)CN3C(=O)CCn4nc(-c5ccc(C)cc5)cc43)CC2)cc1. The van der Waals surface area contributed by atoms with E-state index in [1.807, 2.05) is 71.1 Å². The predicted molar refractivity (Wildman–Crippen MR) is 131 cm³/mol. The van der Waals surface area contributed by atoms with Crippen molar-refractivity contribution in [3.8, 4) is 17.0 Å². The van der Waals surface area contributed by atoms with Gasteiger partial charge in [0, 0.05) is 49.9 Å². The summed E-state index contributed by atoms with van der Waals surface area (Å²) in [6.45, 7) is 5.38. The van der Waals surface area contributed by atoms with Crippen molar-refractivity contribution in [1.82, 2.24) is 14.7 Å². The zero-order valence-corrected chi connectivity index (χ0v) is 19.6. The van der Waals surface area contributed by atoms with Crippen LogP contribution in [0.3, 0.4) is 0 Å². The van der Waals surface area contributed by atoms with Crippen molar-refractivity contribution in [1.29, 1.82) is 0 Å². The largest absolute Gasteiger partial charge is 0.497 e. The van der Waals surface area contributed by atoms with Gasteiger partial charge in [0.1, 0.15) is 18.1 Å². The number of hydrogen-bond acceptors (Lipinski definition) is 5. The molecule has 0 aliphatic carbocycles. The maximum Gasteiger partial charge on any atom is 0.242 e. The molecule has 2 amide bonds. The first-order valence-electron chi connectivity index (χ1n) is 11.6. The number of carbonyl (C=O) groups is 2. The average molecular weight is 460 g/mol. The molecule has 0 unspecified atom stereocenters. The number of nitrogens with zero attached hydrogens (tertiary/aromatic N) is 5. The van der Waals surface area contributed by atoms with Gasteiger partial charge >= 0.3 is 0 Å². The summed E-state index contributed by atoms with van der Waals surface area (Å²) >= 11 is 0. The van der Waals surface area contributed by atoms with E-state index in [1.54, 1.807) is 12.0 Å². The Hall–Kier alpha value is -3.81. The average Bonchev–Trinajstić information content (AvgIpc) is 3.31. The van der Waals surface area contributed by atoms with E-state index in [0.717, 1.165) is 35.8 Å². The summed E-state index contributed by atoms with van der Waals surface area (Å²) in [4.78, 5) is 31.6. The summed E-state index contributed by atoms with van der Waals surface area (Å²) in [6.07, 6.45) is 0.348. The van der Waals surface area contributed by atoms with Crippen LogP contribution in [0.15, 0.2) is 54.6 Å². The van der Waals surface area contributed by atoms with Gasteiger partial charge in [-0.2, -0.15) is 5.10 Å². The van der Waals surface area contributed by atoms with E-state index < -0.39 is 0 Å². The standard InChI is InChI=1S/C26H29N5O3/c1-19-3-5-20(6-4-19)23-17-24-30(25(32)11-12-31(24)27-23)18-26(33)29-15-13-28(14-16-29)21-7-9-22(34-2)10-8-21/h3-10,17H,11-16,18H2,1-2H3. The number of hydrogen-bond donors (Lipinski definition) is 0. The Kier molecular flexibility index (Phi) is 5.96. The number of carbonyl (C=O) groups excluding carboxylic acids is 2. The molecule has 5 rings (SSSR count). The van der Waals surface area contributed by atoms with Gasteiger partial charge in [0.05, 0.1) is 19.3 Å². The zero-order chi connectivity index (χ0) is 23.7. The van der Waals surface area contributed by atoms with Crippen LogP contribution < -0.4 is 14.5 Å². The molecular formula is C26H29N5O3. The predicted octanol–water partition coefficient (Wildman–Crippen LogP) is 2.95. The Morgan fingerprint density at radius 3 is 2.35 bits per heavy atom. The number of rotatable bonds is 5. The molecule has 1 aromatic heterocycles. The van der Waals surface area contributed by atoms with Gasteiger partial charge < -0.3 is 14.5 Å². The van der Waals surface area contributed by atoms with E-state index in [9.17, 15) is 9.59 Å². The summed E-state index contributed by atoms with van der Waals surface area (Å²) < 4.78 is 7.07. The lowest BCUT2D eigenvalue weighted by atomic mass is 10.1. The summed E-state index contributed by atoms with van der Waals surface area (Å²) in [7, 11) is 1.66. The number of amides is 2. The summed E-state index contributed by atoms with van der Waals surface area (Å²) in [5.74, 6) is 1.45. The highest BCUT2D eigenvalue weighted by atomic mass is 16.5. The van der Waals surface area contributed by atoms with E-state index in [1.165, 1.54) is 5.56 Å². The molecule has 0 spiro atoms. The molecule has 1 fully saturated rings. The quantitative estimate of drug-likeness (QED) is 0.587. The van der Waals surface area contributed by atoms with Crippen LogP contribution in [-0.4, -0.2) is 66.3 Å². The number of anilines is 2. The van der Waals surface area contributed by atoms with Crippen LogP contribution in [0.5, 0.6) is 5.75 Å². The van der Waals surface area contributed by atoms with Crippen molar-refractivity contribution in [3.05, 3.63) is 60.2 Å². The first kappa shape index (κ1) is 22.0. The van der Waals surface area contributed by atoms with Gasteiger partial charge in [-0.3, -0.25) is 14.5 Å². The second kappa shape index (κ2) is 9.21. The number of fused-ring (bicyclic) bond motifs is 1. The Balaban J connectivity index is 1.25. The summed E-state index contributed by atoms with van der Waals surface area (Å²) in [6, 6.07) is 18.0. The first-order chi connectivity index (χ1) is 16.5. The third-order valence-corrected chi connectivity index (χ3v) is 6.58. The van der Waals surface area contributed by atoms with Crippen molar-refractivity contribution in [2.45, 2.75) is 19.9 Å². The molecule has 0 atom stereocenters. The van der Waals surface area contributed by atoms with Crippen LogP contribution in [0.4, 0.5) is 11.5 Å². The van der Waals surface area contributed by atoms with Gasteiger partial charge in [0.25, 0.3) is 0 Å². The minimum atomic E-state index is -0.0342. The number of piperazine rings is 1. The van der Waals surface area contributed by atoms with Crippen LogP contribution >= 0.6 is 0 Å². The molecule has 8 heteroatoms. The number of benzene rings is 2. The fourth-order valence-electron chi connectivity index (χ4n) is 4.53. The third-order valence-electron chi connectivity index (χ3n) is 6.58. The van der Waals surface area contributed by atoms with Crippen molar-refractivity contribution in [2.75, 3.05) is 49.6 Å². The molecule has 0 bridgehead atoms. The number of methoxy groups -OCH3 is 1. The lowest BCUT2D eigenvalue weighted by Gasteiger charge is -2.37. The van der Waals surface area contributed by atoms with Gasteiger partial charge in [0.15, 0.2) is 0 Å². The highest BCUT2D eigenvalue weighted by Crippen LogP contribution is 2.28. The molecule has 3 heterocycles. The second-order valence-electron chi connectivity index (χ2n) is 8.77. The molecule has 2 aliphatic rings. The molecule has 0 N–H and O–H groups in total. The molecule has 0 radical (unpaired) electrons. The van der Waals surface area contributed by atoms with Gasteiger partial charge in [-0.15, -0.1) is 0 Å². The van der Waals surface area contributed by atoms with E-state index in [4.69, 9.17) is 9.84 Å². The van der Waals surface area contributed by atoms with Gasteiger partial charge in [-0.25, -0.2) is 4.68 Å². The molecule has 1 saturated heterocycles. The van der Waals surface area contributed by atoms with Crippen molar-refractivity contribution in [2.24, 2.45) is 0 Å². The molecule has 0 saturated carbocycles. The number of ether oxygens (including phenoxy) is 1. The minimum Gasteiger partial charge on any atom is -0.497 e. The monoisotopic (exact) mass is 459 g/mol. The van der Waals surface area contributed by atoms with E-state index >= 15 is 0 Å². The molecule has 34 heavy (non-hydrogen) atoms. The topological polar surface area (TPSA) is 70.9 Å². The number of aryl methyl sites for hydroxylation is 2. The normalized spacial score (nSPS) is 15.9. The molecular weight excluding hydrogens is 430 g/mol. The maximum absolute atomic E-state index is 13.1. The van der Waals surface area contributed by atoms with Crippen LogP contribution in [0, 0.1) is 6.92 Å². The van der Waals surface area contributed by atoms with Crippen molar-refractivity contribution in [3.63, 3.8) is 0 Å². The second-order valence-corrected chi connectivity index (χ2v) is 8.77. The van der Waals surface area contributed by atoms with E-state index in [-0.39, 0.29) is 18.4 Å². The van der Waals surface area contributed by atoms with Crippen molar-refractivity contribution >= 4 is 23.3 Å². The fraction of sp³-hybridized carbons (Fsp3) is 0.346. The maximum atomic E-state index is 13.1. The molecule has 176 valence electrons. The lowest BCUT2D eigenvalue weighted by Crippen LogP contribution is -2.52. The van der Waals surface area contributed by atoms with Crippen molar-refractivity contribution < 1.29 is 14.3 Å². The molecule has 3 aromatic rings. The Morgan fingerprint density at radius 2 is 1.68 bits per heavy atom. The van der Waals surface area contributed by atoms with Crippen LogP contribution in [-0.2, 0) is 16.1 Å². The molecule has 8 nitrogen and oxygen atoms in total.